The van der Waals surface area contributed by atoms with Gasteiger partial charge < -0.3 is 10.2 Å². The van der Waals surface area contributed by atoms with Crippen LogP contribution >= 0.6 is 0 Å². The highest BCUT2D eigenvalue weighted by Crippen LogP contribution is 2.18. The van der Waals surface area contributed by atoms with Crippen LogP contribution in [0.2, 0.25) is 0 Å². The predicted octanol–water partition coefficient (Wildman–Crippen LogP) is 0.832. The van der Waals surface area contributed by atoms with Crippen LogP contribution in [0.15, 0.2) is 0 Å². The van der Waals surface area contributed by atoms with Crippen molar-refractivity contribution in [2.75, 3.05) is 13.2 Å². The van der Waals surface area contributed by atoms with Crippen LogP contribution in [0.4, 0.5) is 0 Å². The summed E-state index contributed by atoms with van der Waals surface area (Å²) in [5, 5.41) is 2.92. The van der Waals surface area contributed by atoms with Crippen molar-refractivity contribution in [3.05, 3.63) is 0 Å². The summed E-state index contributed by atoms with van der Waals surface area (Å²) in [5.74, 6) is 0.635. The number of amides is 1. The lowest BCUT2D eigenvalue weighted by Gasteiger charge is -2.07. The maximum atomic E-state index is 11.2. The second kappa shape index (κ2) is 5.98. The first-order chi connectivity index (χ1) is 6.68. The number of hydrogen-bond acceptors (Lipinski definition) is 3. The van der Waals surface area contributed by atoms with Crippen LogP contribution in [0.5, 0.6) is 0 Å². The monoisotopic (exact) mass is 200 g/mol. The Hall–Kier alpha value is -0.610. The van der Waals surface area contributed by atoms with Gasteiger partial charge >= 0.3 is 0 Å². The first-order valence-corrected chi connectivity index (χ1v) is 5.32. The first-order valence-electron chi connectivity index (χ1n) is 5.32. The third-order valence-corrected chi connectivity index (χ3v) is 1.92. The molecule has 1 saturated carbocycles. The van der Waals surface area contributed by atoms with Crippen LogP contribution in [-0.2, 0) is 9.63 Å². The van der Waals surface area contributed by atoms with E-state index in [0.717, 1.165) is 12.8 Å². The summed E-state index contributed by atoms with van der Waals surface area (Å²) in [7, 11) is 0. The SMILES string of the molecule is CC(C)CONCCC(=O)NC1CC1. The fraction of sp³-hybridized carbons (Fsp3) is 0.900. The maximum Gasteiger partial charge on any atom is 0.221 e. The molecule has 14 heavy (non-hydrogen) atoms. The summed E-state index contributed by atoms with van der Waals surface area (Å²) in [6, 6.07) is 0.457. The quantitative estimate of drug-likeness (QED) is 0.473. The smallest absolute Gasteiger partial charge is 0.221 e. The van der Waals surface area contributed by atoms with E-state index < -0.39 is 0 Å². The standard InChI is InChI=1S/C10H20N2O2/c1-8(2)7-14-11-6-5-10(13)12-9-3-4-9/h8-9,11H,3-7H2,1-2H3,(H,12,13). The highest BCUT2D eigenvalue weighted by atomic mass is 16.6. The Kier molecular flexibility index (Phi) is 4.90. The molecule has 82 valence electrons. The molecule has 1 aliphatic rings. The number of hydrogen-bond donors (Lipinski definition) is 2. The minimum atomic E-state index is 0.119. The number of carbonyl (C=O) groups is 1. The van der Waals surface area contributed by atoms with E-state index in [1.54, 1.807) is 0 Å². The van der Waals surface area contributed by atoms with Crippen molar-refractivity contribution < 1.29 is 9.63 Å². The zero-order valence-corrected chi connectivity index (χ0v) is 9.01. The number of nitrogens with one attached hydrogen (secondary N) is 2. The summed E-state index contributed by atoms with van der Waals surface area (Å²) in [6.45, 7) is 5.44. The molecule has 0 unspecified atom stereocenters. The van der Waals surface area contributed by atoms with Gasteiger partial charge in [0.1, 0.15) is 0 Å². The molecule has 0 atom stereocenters. The van der Waals surface area contributed by atoms with Gasteiger partial charge in [0.15, 0.2) is 0 Å². The highest BCUT2D eigenvalue weighted by molar-refractivity contribution is 5.76. The molecule has 1 fully saturated rings. The van der Waals surface area contributed by atoms with E-state index in [9.17, 15) is 4.79 Å². The molecule has 0 aromatic rings. The zero-order chi connectivity index (χ0) is 10.4. The Morgan fingerprint density at radius 3 is 2.79 bits per heavy atom. The largest absolute Gasteiger partial charge is 0.353 e. The van der Waals surface area contributed by atoms with Crippen LogP contribution in [0.1, 0.15) is 33.1 Å². The Labute approximate surface area is 85.3 Å². The van der Waals surface area contributed by atoms with Crippen LogP contribution in [0.25, 0.3) is 0 Å². The highest BCUT2D eigenvalue weighted by Gasteiger charge is 2.22. The molecule has 0 aromatic carbocycles. The molecule has 1 aliphatic carbocycles. The third kappa shape index (κ3) is 5.94. The van der Waals surface area contributed by atoms with Crippen molar-refractivity contribution in [2.24, 2.45) is 5.92 Å². The molecular formula is C10H20N2O2. The Balaban J connectivity index is 1.84. The van der Waals surface area contributed by atoms with Gasteiger partial charge in [0.2, 0.25) is 5.91 Å². The molecule has 0 saturated heterocycles. The van der Waals surface area contributed by atoms with Crippen molar-refractivity contribution in [1.82, 2.24) is 10.8 Å². The zero-order valence-electron chi connectivity index (χ0n) is 9.01. The number of rotatable bonds is 7. The van der Waals surface area contributed by atoms with Gasteiger partial charge in [0.05, 0.1) is 6.61 Å². The second-order valence-electron chi connectivity index (χ2n) is 4.19. The van der Waals surface area contributed by atoms with Gasteiger partial charge in [-0.15, -0.1) is 0 Å². The van der Waals surface area contributed by atoms with E-state index in [1.165, 1.54) is 0 Å². The predicted molar refractivity (Wildman–Crippen MR) is 54.6 cm³/mol. The van der Waals surface area contributed by atoms with Crippen molar-refractivity contribution in [2.45, 2.75) is 39.2 Å². The third-order valence-electron chi connectivity index (χ3n) is 1.92. The first kappa shape index (κ1) is 11.5. The van der Waals surface area contributed by atoms with E-state index >= 15 is 0 Å². The van der Waals surface area contributed by atoms with Gasteiger partial charge in [-0.05, 0) is 18.8 Å². The molecule has 1 rings (SSSR count). The van der Waals surface area contributed by atoms with Crippen LogP contribution in [0, 0.1) is 5.92 Å². The molecule has 0 heterocycles. The molecule has 0 bridgehead atoms. The molecule has 0 aromatic heterocycles. The Morgan fingerprint density at radius 2 is 2.21 bits per heavy atom. The number of carbonyl (C=O) groups excluding carboxylic acids is 1. The average molecular weight is 200 g/mol. The van der Waals surface area contributed by atoms with Gasteiger partial charge in [-0.3, -0.25) is 4.79 Å². The molecule has 4 nitrogen and oxygen atoms in total. The van der Waals surface area contributed by atoms with Gasteiger partial charge in [0, 0.05) is 19.0 Å². The molecule has 0 spiro atoms. The molecule has 0 radical (unpaired) electrons. The number of hydroxylamine groups is 1. The maximum absolute atomic E-state index is 11.2. The molecule has 1 amide bonds. The lowest BCUT2D eigenvalue weighted by molar-refractivity contribution is -0.121. The minimum Gasteiger partial charge on any atom is -0.353 e. The van der Waals surface area contributed by atoms with Gasteiger partial charge in [-0.1, -0.05) is 13.8 Å². The molecule has 2 N–H and O–H groups in total. The van der Waals surface area contributed by atoms with E-state index in [2.05, 4.69) is 24.6 Å². The van der Waals surface area contributed by atoms with Crippen molar-refractivity contribution in [3.63, 3.8) is 0 Å². The summed E-state index contributed by atoms with van der Waals surface area (Å²) >= 11 is 0. The van der Waals surface area contributed by atoms with Crippen molar-refractivity contribution in [3.8, 4) is 0 Å². The average Bonchev–Trinajstić information content (AvgIpc) is 2.87. The molecule has 0 aliphatic heterocycles. The molecular weight excluding hydrogens is 180 g/mol. The van der Waals surface area contributed by atoms with E-state index in [-0.39, 0.29) is 5.91 Å². The van der Waals surface area contributed by atoms with E-state index in [4.69, 9.17) is 4.84 Å². The van der Waals surface area contributed by atoms with Crippen molar-refractivity contribution >= 4 is 5.91 Å². The summed E-state index contributed by atoms with van der Waals surface area (Å²) in [4.78, 5) is 16.3. The minimum absolute atomic E-state index is 0.119. The lowest BCUT2D eigenvalue weighted by Crippen LogP contribution is -2.29. The second-order valence-corrected chi connectivity index (χ2v) is 4.19. The molecule has 4 heteroatoms. The summed E-state index contributed by atoms with van der Waals surface area (Å²) in [5.41, 5.74) is 2.78. The van der Waals surface area contributed by atoms with Gasteiger partial charge in [-0.2, -0.15) is 0 Å². The van der Waals surface area contributed by atoms with Crippen LogP contribution in [-0.4, -0.2) is 25.1 Å². The fourth-order valence-corrected chi connectivity index (χ4v) is 0.990. The summed E-state index contributed by atoms with van der Waals surface area (Å²) < 4.78 is 0. The van der Waals surface area contributed by atoms with E-state index in [1.807, 2.05) is 0 Å². The van der Waals surface area contributed by atoms with Gasteiger partial charge in [-0.25, -0.2) is 5.48 Å². The Morgan fingerprint density at radius 1 is 1.50 bits per heavy atom. The summed E-state index contributed by atoms with van der Waals surface area (Å²) in [6.07, 6.45) is 2.78. The van der Waals surface area contributed by atoms with E-state index in [0.29, 0.717) is 31.5 Å². The fourth-order valence-electron chi connectivity index (χ4n) is 0.990. The van der Waals surface area contributed by atoms with Crippen LogP contribution < -0.4 is 10.8 Å². The lowest BCUT2D eigenvalue weighted by atomic mass is 10.2. The van der Waals surface area contributed by atoms with Gasteiger partial charge in [0.25, 0.3) is 0 Å². The normalized spacial score (nSPS) is 15.9. The van der Waals surface area contributed by atoms with Crippen molar-refractivity contribution in [1.29, 1.82) is 0 Å². The van der Waals surface area contributed by atoms with Crippen LogP contribution in [0.3, 0.4) is 0 Å². The topological polar surface area (TPSA) is 50.4 Å². The Bertz CT molecular complexity index is 179.